The first-order valence-corrected chi connectivity index (χ1v) is 22.3. The molecule has 62 heavy (non-hydrogen) atoms. The molecule has 11 nitrogen and oxygen atoms in total. The molecule has 0 aliphatic heterocycles. The van der Waals surface area contributed by atoms with E-state index in [4.69, 9.17) is 46.9 Å². The van der Waals surface area contributed by atoms with E-state index in [1.807, 2.05) is 92.6 Å². The number of unbranched alkanes of at least 4 members (excludes halogenated alkanes) is 3. The molecule has 0 fully saturated rings. The molecular formula is C49H61Cl2N2O9+. The summed E-state index contributed by atoms with van der Waals surface area (Å²) in [7, 11) is 0. The number of hydrogen-bond acceptors (Lipinski definition) is 10. The summed E-state index contributed by atoms with van der Waals surface area (Å²) in [6, 6.07) is 17.9. The Labute approximate surface area is 376 Å². The fraction of sp³-hybridized carbons (Fsp3) is 0.429. The summed E-state index contributed by atoms with van der Waals surface area (Å²) in [5.74, 6) is -0.121. The van der Waals surface area contributed by atoms with Gasteiger partial charge < -0.3 is 43.9 Å². The minimum Gasteiger partial charge on any atom is -0.507 e. The highest BCUT2D eigenvalue weighted by atomic mass is 35.5. The van der Waals surface area contributed by atoms with Gasteiger partial charge in [0.25, 0.3) is 0 Å². The normalized spacial score (nSPS) is 16.1. The van der Waals surface area contributed by atoms with Crippen LogP contribution in [-0.2, 0) is 19.0 Å². The lowest BCUT2D eigenvalue weighted by molar-refractivity contribution is -0.443. The average molecular weight is 893 g/mol. The second-order valence-corrected chi connectivity index (χ2v) is 16.4. The lowest BCUT2D eigenvalue weighted by Crippen LogP contribution is -2.26. The lowest BCUT2D eigenvalue weighted by atomic mass is 9.79. The van der Waals surface area contributed by atoms with Crippen LogP contribution >= 0.6 is 23.2 Å². The largest absolute Gasteiger partial charge is 0.507 e. The number of phenols is 1. The van der Waals surface area contributed by atoms with Gasteiger partial charge in [-0.15, -0.1) is 0 Å². The minimum absolute atomic E-state index is 0.00120. The number of aliphatic hydroxyl groups excluding tert-OH is 2. The van der Waals surface area contributed by atoms with Crippen LogP contribution in [0.5, 0.6) is 17.2 Å². The van der Waals surface area contributed by atoms with Crippen molar-refractivity contribution in [1.82, 2.24) is 0 Å². The first-order valence-electron chi connectivity index (χ1n) is 21.6. The molecule has 0 saturated heterocycles. The number of phenolic OH excluding ortho intramolecular Hbond substituents is 1. The van der Waals surface area contributed by atoms with E-state index in [2.05, 4.69) is 6.92 Å². The number of hydrogen-bond donors (Lipinski definition) is 3. The number of aliphatic hydroxyl groups is 2. The van der Waals surface area contributed by atoms with Gasteiger partial charge in [-0.05, 0) is 89.1 Å². The molecule has 3 N–H and O–H groups in total. The second kappa shape index (κ2) is 23.6. The quantitative estimate of drug-likeness (QED) is 0.0454. The standard InChI is InChI=1S/C49H60Cl2N2O9/c1-7-9-10-11-23-59-26-27-60-25-21-53(35-14-18-37(19-15-35)62-33(5)6)43-31-45(55)39(29-41(43)51)47-48(56)46(49(47)57)38-28-40(50)42(30-44(38)54)52(20-24-58-22-8-2)34-12-16-36(17-13-34)61-32(3)4/h12-19,28-33H,7-11,20-27H2,1-6H3,(H2,54,55,56,57)/p+1. The fourth-order valence-electron chi connectivity index (χ4n) is 7.06. The molecule has 0 atom stereocenters. The third-order valence-electron chi connectivity index (χ3n) is 10.00. The number of aromatic hydroxyl groups is 1. The predicted octanol–water partition coefficient (Wildman–Crippen LogP) is 11.3. The number of Topliss-reactive ketones (excluding diaryl/α,β-unsaturated/α-hetero) is 1. The Morgan fingerprint density at radius 3 is 1.94 bits per heavy atom. The van der Waals surface area contributed by atoms with E-state index in [9.17, 15) is 20.1 Å². The van der Waals surface area contributed by atoms with Crippen LogP contribution in [-0.4, -0.2) is 96.3 Å². The number of halogens is 2. The fourth-order valence-corrected chi connectivity index (χ4v) is 7.59. The van der Waals surface area contributed by atoms with Gasteiger partial charge in [0.2, 0.25) is 17.2 Å². The number of carbonyl (C=O) groups is 1. The summed E-state index contributed by atoms with van der Waals surface area (Å²) >= 11 is 13.8. The van der Waals surface area contributed by atoms with Crippen LogP contribution in [0.4, 0.5) is 17.1 Å². The molecule has 3 aromatic rings. The van der Waals surface area contributed by atoms with Crippen molar-refractivity contribution >= 4 is 57.3 Å². The lowest BCUT2D eigenvalue weighted by Gasteiger charge is -2.28. The molecule has 2 aliphatic rings. The molecule has 0 unspecified atom stereocenters. The Bertz CT molecular complexity index is 2160. The second-order valence-electron chi connectivity index (χ2n) is 15.6. The van der Waals surface area contributed by atoms with Gasteiger partial charge in [-0.2, -0.15) is 4.58 Å². The maximum absolute atomic E-state index is 13.9. The van der Waals surface area contributed by atoms with Crippen molar-refractivity contribution in [3.8, 4) is 17.2 Å². The average Bonchev–Trinajstić information content (AvgIpc) is 3.23. The summed E-state index contributed by atoms with van der Waals surface area (Å²) < 4.78 is 31.0. The summed E-state index contributed by atoms with van der Waals surface area (Å²) in [5, 5.41) is 34.7. The van der Waals surface area contributed by atoms with Gasteiger partial charge in [-0.25, -0.2) is 0 Å². The Morgan fingerprint density at radius 1 is 0.694 bits per heavy atom. The topological polar surface area (TPSA) is 130 Å². The monoisotopic (exact) mass is 891 g/mol. The zero-order chi connectivity index (χ0) is 44.8. The predicted molar refractivity (Wildman–Crippen MR) is 247 cm³/mol. The van der Waals surface area contributed by atoms with Crippen molar-refractivity contribution in [3.63, 3.8) is 0 Å². The van der Waals surface area contributed by atoms with Gasteiger partial charge in [-0.1, -0.05) is 56.3 Å². The molecule has 0 heterocycles. The van der Waals surface area contributed by atoms with E-state index in [0.717, 1.165) is 30.6 Å². The molecule has 5 rings (SSSR count). The van der Waals surface area contributed by atoms with Crippen LogP contribution in [0.2, 0.25) is 5.02 Å². The van der Waals surface area contributed by atoms with E-state index in [-0.39, 0.29) is 56.1 Å². The first-order chi connectivity index (χ1) is 29.8. The summed E-state index contributed by atoms with van der Waals surface area (Å²) in [4.78, 5) is 15.8. The summed E-state index contributed by atoms with van der Waals surface area (Å²) in [5.41, 5.74) is 2.31. The van der Waals surface area contributed by atoms with Gasteiger partial charge in [0.1, 0.15) is 40.4 Å². The first kappa shape index (κ1) is 48.3. The van der Waals surface area contributed by atoms with Crippen LogP contribution in [0, 0.1) is 0 Å². The van der Waals surface area contributed by atoms with E-state index in [1.54, 1.807) is 0 Å². The molecule has 3 aromatic carbocycles. The van der Waals surface area contributed by atoms with Crippen molar-refractivity contribution in [1.29, 1.82) is 0 Å². The van der Waals surface area contributed by atoms with Crippen molar-refractivity contribution in [2.75, 3.05) is 57.6 Å². The van der Waals surface area contributed by atoms with Crippen LogP contribution in [0.15, 0.2) is 101 Å². The molecule has 13 heteroatoms. The number of anilines is 2. The number of carbonyl (C=O) groups excluding carboxylic acids is 1. The van der Waals surface area contributed by atoms with Crippen LogP contribution in [0.3, 0.4) is 0 Å². The third-order valence-corrected chi connectivity index (χ3v) is 10.6. The number of benzene rings is 3. The third kappa shape index (κ3) is 12.7. The Balaban J connectivity index is 1.41. The highest BCUT2D eigenvalue weighted by molar-refractivity contribution is 6.46. The molecule has 0 spiro atoms. The maximum Gasteiger partial charge on any atom is 0.228 e. The molecule has 334 valence electrons. The molecular weight excluding hydrogens is 831 g/mol. The molecule has 0 bridgehead atoms. The number of ether oxygens (including phenoxy) is 5. The number of allylic oxidation sites excluding steroid dienone is 5. The van der Waals surface area contributed by atoms with Gasteiger partial charge in [0.15, 0.2) is 6.54 Å². The number of rotatable bonds is 24. The SMILES string of the molecule is CCCCCCOCCOCC[N+](=C1C=C(O)C(=C2C(=O)C(c3cc(Cl)c(N(CCOCCC)c4ccc(OC(C)C)cc4)cc3O)=C2O)C=C1Cl)c1ccc(OC(C)C)cc1. The summed E-state index contributed by atoms with van der Waals surface area (Å²) in [6.07, 6.45) is 8.35. The molecule has 0 saturated carbocycles. The zero-order valence-electron chi connectivity index (χ0n) is 36.7. The smallest absolute Gasteiger partial charge is 0.228 e. The van der Waals surface area contributed by atoms with E-state index >= 15 is 0 Å². The van der Waals surface area contributed by atoms with E-state index < -0.39 is 11.5 Å². The van der Waals surface area contributed by atoms with Crippen LogP contribution in [0.1, 0.15) is 79.2 Å². The highest BCUT2D eigenvalue weighted by Crippen LogP contribution is 2.46. The van der Waals surface area contributed by atoms with Crippen LogP contribution < -0.4 is 14.4 Å². The Kier molecular flexibility index (Phi) is 18.4. The minimum atomic E-state index is -0.593. The molecule has 0 aromatic heterocycles. The van der Waals surface area contributed by atoms with Crippen molar-refractivity contribution in [2.45, 2.75) is 85.9 Å². The van der Waals surface area contributed by atoms with Gasteiger partial charge >= 0.3 is 0 Å². The van der Waals surface area contributed by atoms with Crippen molar-refractivity contribution in [3.05, 3.63) is 111 Å². The van der Waals surface area contributed by atoms with E-state index in [0.29, 0.717) is 75.6 Å². The molecule has 0 amide bonds. The van der Waals surface area contributed by atoms with Gasteiger partial charge in [0, 0.05) is 54.8 Å². The Morgan fingerprint density at radius 2 is 1.32 bits per heavy atom. The molecule has 0 radical (unpaired) electrons. The Hall–Kier alpha value is -4.78. The van der Waals surface area contributed by atoms with Gasteiger partial charge in [-0.3, -0.25) is 4.79 Å². The number of nitrogens with zero attached hydrogens (tertiary/aromatic N) is 2. The van der Waals surface area contributed by atoms with Gasteiger partial charge in [0.05, 0.1) is 60.0 Å². The summed E-state index contributed by atoms with van der Waals surface area (Å²) in [6.45, 7) is 15.8. The maximum atomic E-state index is 13.9. The van der Waals surface area contributed by atoms with Crippen molar-refractivity contribution < 1.29 is 48.4 Å². The van der Waals surface area contributed by atoms with Crippen molar-refractivity contribution in [2.24, 2.45) is 0 Å². The van der Waals surface area contributed by atoms with Crippen LogP contribution in [0.25, 0.3) is 5.57 Å². The zero-order valence-corrected chi connectivity index (χ0v) is 38.2. The number of ketones is 1. The highest BCUT2D eigenvalue weighted by Gasteiger charge is 2.41. The van der Waals surface area contributed by atoms with E-state index in [1.165, 1.54) is 37.1 Å². The molecule has 2 aliphatic carbocycles.